The van der Waals surface area contributed by atoms with Crippen molar-refractivity contribution < 1.29 is 9.90 Å². The van der Waals surface area contributed by atoms with Crippen LogP contribution in [-0.4, -0.2) is 43.0 Å². The van der Waals surface area contributed by atoms with Crippen LogP contribution in [0.4, 0.5) is 5.69 Å². The summed E-state index contributed by atoms with van der Waals surface area (Å²) < 4.78 is 0. The molecule has 0 saturated carbocycles. The lowest BCUT2D eigenvalue weighted by molar-refractivity contribution is -0.138. The van der Waals surface area contributed by atoms with E-state index in [0.29, 0.717) is 24.3 Å². The van der Waals surface area contributed by atoms with Crippen molar-refractivity contribution in [3.05, 3.63) is 23.8 Å². The van der Waals surface area contributed by atoms with E-state index in [1.54, 1.807) is 4.90 Å². The van der Waals surface area contributed by atoms with Gasteiger partial charge in [0.15, 0.2) is 0 Å². The maximum Gasteiger partial charge on any atom is 0.327 e. The lowest BCUT2D eigenvalue weighted by Crippen LogP contribution is -2.55. The third-order valence-electron chi connectivity index (χ3n) is 3.17. The molecule has 1 heterocycles. The molecule has 0 bridgehead atoms. The molecule has 5 nitrogen and oxygen atoms in total. The summed E-state index contributed by atoms with van der Waals surface area (Å²) in [4.78, 5) is 14.0. The number of aliphatic carboxylic acids is 1. The topological polar surface area (TPSA) is 76.4 Å². The van der Waals surface area contributed by atoms with Crippen molar-refractivity contribution in [2.24, 2.45) is 0 Å². The van der Waals surface area contributed by atoms with Crippen LogP contribution >= 0.6 is 11.8 Å². The predicted molar refractivity (Wildman–Crippen MR) is 74.6 cm³/mol. The molecule has 2 N–H and O–H groups in total. The Hall–Kier alpha value is -1.71. The second-order valence-electron chi connectivity index (χ2n) is 4.22. The van der Waals surface area contributed by atoms with Crippen molar-refractivity contribution in [2.45, 2.75) is 10.9 Å². The Morgan fingerprint density at radius 1 is 1.63 bits per heavy atom. The van der Waals surface area contributed by atoms with Crippen LogP contribution in [0.1, 0.15) is 5.56 Å². The van der Waals surface area contributed by atoms with Gasteiger partial charge in [0.1, 0.15) is 12.1 Å². The zero-order valence-electron chi connectivity index (χ0n) is 10.6. The standard InChI is InChI=1S/C13H15N3O2S/c1-19-12-4-2-3-10(9(12)7-14)16-6-5-15-8-11(16)13(17)18/h2-4,11,15H,5-6,8H2,1H3,(H,17,18). The number of hydrogen-bond donors (Lipinski definition) is 2. The van der Waals surface area contributed by atoms with Crippen molar-refractivity contribution >= 4 is 23.4 Å². The number of carbonyl (C=O) groups is 1. The number of carboxylic acids is 1. The molecule has 0 aliphatic carbocycles. The minimum Gasteiger partial charge on any atom is -0.480 e. The highest BCUT2D eigenvalue weighted by Gasteiger charge is 2.30. The molecule has 0 amide bonds. The number of nitrogens with zero attached hydrogens (tertiary/aromatic N) is 2. The van der Waals surface area contributed by atoms with Crippen molar-refractivity contribution in [3.63, 3.8) is 0 Å². The summed E-state index contributed by atoms with van der Waals surface area (Å²) in [7, 11) is 0. The molecule has 1 aromatic carbocycles. The highest BCUT2D eigenvalue weighted by atomic mass is 32.2. The number of carboxylic acid groups (broad SMARTS) is 1. The van der Waals surface area contributed by atoms with Gasteiger partial charge < -0.3 is 15.3 Å². The number of rotatable bonds is 3. The maximum atomic E-state index is 11.3. The van der Waals surface area contributed by atoms with E-state index in [1.807, 2.05) is 24.5 Å². The van der Waals surface area contributed by atoms with Crippen molar-refractivity contribution in [2.75, 3.05) is 30.8 Å². The lowest BCUT2D eigenvalue weighted by atomic mass is 10.1. The van der Waals surface area contributed by atoms with Gasteiger partial charge in [-0.05, 0) is 18.4 Å². The minimum absolute atomic E-state index is 0.393. The van der Waals surface area contributed by atoms with E-state index in [-0.39, 0.29) is 0 Å². The van der Waals surface area contributed by atoms with Crippen molar-refractivity contribution in [1.29, 1.82) is 5.26 Å². The lowest BCUT2D eigenvalue weighted by Gasteiger charge is -2.36. The van der Waals surface area contributed by atoms with Gasteiger partial charge in [0.05, 0.1) is 11.3 Å². The molecule has 19 heavy (non-hydrogen) atoms. The Labute approximate surface area is 116 Å². The molecule has 1 aliphatic rings. The molecule has 0 radical (unpaired) electrons. The fraction of sp³-hybridized carbons (Fsp3) is 0.385. The Kier molecular flexibility index (Phi) is 4.30. The smallest absolute Gasteiger partial charge is 0.327 e. The van der Waals surface area contributed by atoms with Gasteiger partial charge >= 0.3 is 5.97 Å². The van der Waals surface area contributed by atoms with E-state index in [1.165, 1.54) is 11.8 Å². The number of piperazine rings is 1. The summed E-state index contributed by atoms with van der Waals surface area (Å²) >= 11 is 1.50. The number of nitrogens with one attached hydrogen (secondary N) is 1. The number of thioether (sulfide) groups is 1. The highest BCUT2D eigenvalue weighted by molar-refractivity contribution is 7.98. The van der Waals surface area contributed by atoms with E-state index < -0.39 is 12.0 Å². The summed E-state index contributed by atoms with van der Waals surface area (Å²) in [5, 5.41) is 21.7. The minimum atomic E-state index is -0.870. The maximum absolute atomic E-state index is 11.3. The van der Waals surface area contributed by atoms with Gasteiger partial charge in [-0.2, -0.15) is 5.26 Å². The fourth-order valence-corrected chi connectivity index (χ4v) is 2.82. The molecule has 0 spiro atoms. The number of hydrogen-bond acceptors (Lipinski definition) is 5. The first-order chi connectivity index (χ1) is 9.19. The second-order valence-corrected chi connectivity index (χ2v) is 5.07. The van der Waals surface area contributed by atoms with Gasteiger partial charge in [0, 0.05) is 24.5 Å². The van der Waals surface area contributed by atoms with E-state index in [4.69, 9.17) is 0 Å². The van der Waals surface area contributed by atoms with Crippen LogP contribution in [0.3, 0.4) is 0 Å². The average molecular weight is 277 g/mol. The van der Waals surface area contributed by atoms with Gasteiger partial charge in [-0.15, -0.1) is 11.8 Å². The first-order valence-corrected chi connectivity index (χ1v) is 7.18. The van der Waals surface area contributed by atoms with E-state index >= 15 is 0 Å². The molecular formula is C13H15N3O2S. The molecule has 1 atom stereocenters. The molecule has 1 unspecified atom stereocenters. The first kappa shape index (κ1) is 13.7. The van der Waals surface area contributed by atoms with E-state index in [0.717, 1.165) is 11.4 Å². The third kappa shape index (κ3) is 2.67. The van der Waals surface area contributed by atoms with Crippen molar-refractivity contribution in [1.82, 2.24) is 5.32 Å². The molecule has 100 valence electrons. The molecule has 1 aliphatic heterocycles. The average Bonchev–Trinajstić information content (AvgIpc) is 2.46. The number of benzene rings is 1. The van der Waals surface area contributed by atoms with Gasteiger partial charge in [-0.25, -0.2) is 4.79 Å². The van der Waals surface area contributed by atoms with Gasteiger partial charge in [0.2, 0.25) is 0 Å². The van der Waals surface area contributed by atoms with Crippen LogP contribution in [0, 0.1) is 11.3 Å². The van der Waals surface area contributed by atoms with Crippen LogP contribution in [-0.2, 0) is 4.79 Å². The molecule has 1 aromatic rings. The SMILES string of the molecule is CSc1cccc(N2CCNCC2C(=O)O)c1C#N. The normalized spacial score (nSPS) is 18.9. The summed E-state index contributed by atoms with van der Waals surface area (Å²) in [6.45, 7) is 1.70. The predicted octanol–water partition coefficient (Wildman–Crippen LogP) is 1.14. The van der Waals surface area contributed by atoms with E-state index in [2.05, 4.69) is 11.4 Å². The Morgan fingerprint density at radius 2 is 2.42 bits per heavy atom. The van der Waals surface area contributed by atoms with Crippen molar-refractivity contribution in [3.8, 4) is 6.07 Å². The summed E-state index contributed by atoms with van der Waals surface area (Å²) in [6, 6.07) is 7.13. The monoisotopic (exact) mass is 277 g/mol. The fourth-order valence-electron chi connectivity index (χ4n) is 2.25. The molecule has 6 heteroatoms. The molecular weight excluding hydrogens is 262 g/mol. The largest absolute Gasteiger partial charge is 0.480 e. The van der Waals surface area contributed by atoms with Gasteiger partial charge in [-0.1, -0.05) is 6.07 Å². The van der Waals surface area contributed by atoms with Crippen LogP contribution in [0.5, 0.6) is 0 Å². The van der Waals surface area contributed by atoms with Gasteiger partial charge in [-0.3, -0.25) is 0 Å². The van der Waals surface area contributed by atoms with Crippen LogP contribution in [0.15, 0.2) is 23.1 Å². The molecule has 0 aromatic heterocycles. The zero-order valence-corrected chi connectivity index (χ0v) is 11.4. The highest BCUT2D eigenvalue weighted by Crippen LogP contribution is 2.30. The Morgan fingerprint density at radius 3 is 3.05 bits per heavy atom. The third-order valence-corrected chi connectivity index (χ3v) is 3.95. The zero-order chi connectivity index (χ0) is 13.8. The van der Waals surface area contributed by atoms with Crippen LogP contribution in [0.2, 0.25) is 0 Å². The van der Waals surface area contributed by atoms with E-state index in [9.17, 15) is 15.2 Å². The molecule has 1 fully saturated rings. The summed E-state index contributed by atoms with van der Waals surface area (Å²) in [5.41, 5.74) is 1.27. The summed E-state index contributed by atoms with van der Waals surface area (Å²) in [6.07, 6.45) is 1.91. The number of nitriles is 1. The first-order valence-electron chi connectivity index (χ1n) is 5.96. The number of anilines is 1. The Bertz CT molecular complexity index is 527. The molecule has 1 saturated heterocycles. The van der Waals surface area contributed by atoms with Crippen LogP contribution in [0.25, 0.3) is 0 Å². The van der Waals surface area contributed by atoms with Crippen LogP contribution < -0.4 is 10.2 Å². The Balaban J connectivity index is 2.45. The van der Waals surface area contributed by atoms with Gasteiger partial charge in [0.25, 0.3) is 0 Å². The molecule has 2 rings (SSSR count). The second kappa shape index (κ2) is 5.95. The summed E-state index contributed by atoms with van der Waals surface area (Å²) in [5.74, 6) is -0.870. The quantitative estimate of drug-likeness (QED) is 0.807.